The van der Waals surface area contributed by atoms with E-state index in [1.54, 1.807) is 43.8 Å². The smallest absolute Gasteiger partial charge is 0.484 e. The van der Waals surface area contributed by atoms with E-state index in [9.17, 15) is 4.79 Å². The van der Waals surface area contributed by atoms with E-state index in [4.69, 9.17) is 97.7 Å². The van der Waals surface area contributed by atoms with Crippen LogP contribution in [0.25, 0.3) is 20.8 Å². The molecule has 576 valence electrons. The van der Waals surface area contributed by atoms with Crippen LogP contribution in [-0.4, -0.2) is 166 Å². The molecule has 4 saturated heterocycles. The highest BCUT2D eigenvalue weighted by Crippen LogP contribution is 2.54. The largest absolute Gasteiger partial charge is 0.487 e. The lowest BCUT2D eigenvalue weighted by atomic mass is 9.80. The molecule has 26 nitrogen and oxygen atoms in total. The zero-order chi connectivity index (χ0) is 77.5. The summed E-state index contributed by atoms with van der Waals surface area (Å²) >= 11 is 10.3. The zero-order valence-corrected chi connectivity index (χ0v) is 68.1. The third kappa shape index (κ3) is 21.1. The van der Waals surface area contributed by atoms with Gasteiger partial charge in [-0.3, -0.25) is 9.45 Å². The number of guanidine groups is 2. The summed E-state index contributed by atoms with van der Waals surface area (Å²) in [5.74, 6) is 6.40. The molecule has 10 heterocycles. The molecule has 109 heavy (non-hydrogen) atoms. The van der Waals surface area contributed by atoms with Gasteiger partial charge in [-0.05, 0) is 173 Å². The van der Waals surface area contributed by atoms with Crippen LogP contribution in [0.2, 0.25) is 19.6 Å². The van der Waals surface area contributed by atoms with Gasteiger partial charge >= 0.3 is 7.12 Å². The molecule has 0 aromatic heterocycles. The predicted octanol–water partition coefficient (Wildman–Crippen LogP) is 13.3. The molecule has 8 N–H and O–H groups in total. The number of hydrogen-bond acceptors (Lipinski definition) is 24. The second kappa shape index (κ2) is 37.3. The number of nitrogens with zero attached hydrogens (tertiary/aromatic N) is 9. The number of aliphatic imine (C=N–C) groups is 3. The Kier molecular flexibility index (Phi) is 29.1. The molecular weight excluding hydrogens is 1630 g/mol. The standard InChI is InChI=1S/C22H22N4O3.C15H18BrN3O3.C14H13BrN2O2.C13H13BrO3.C7H6BNO2.C5H11NSi.CH5NO.ClH/c1-24-17-6-3-5-15(11-17)16-7-8-19-18(12-16)22(25-20(23)26(2)29-22)13-21(28-19)9-4-10-27-14-21;1-19-13(17)18-15(22-19)8-14(5-2-6-20-9-14)21-12-4-3-10(16)7-11(12)15;15-10-2-3-13-11(6-10)12(17-9-16)7-14(19-13)4-1-5-18-8-14;14-9-2-3-12-10(6-9)11(15)7-13(17-12)4-1-5-16-8-13;1-9-7-4-2-3-6(5-7)8(10)11;1-5-6-7(2,3)4;1-2-3;/h3,5-8,11-12H,4,9-10,13-14H2,2H3,(H2,23,25);3-4,7H,2,5-6,8-9H2,1H3,(H2,17,18);2-3,6H,1,4-5,7-8H2;2-3,6H,1,4-5,7-8H2;2-5,10-11H;1H2,2-4H3;2-3H,1H3;1H. The van der Waals surface area contributed by atoms with Gasteiger partial charge in [0.15, 0.2) is 25.4 Å². The number of carbonyl (C=O) groups is 1. The molecule has 0 bridgehead atoms. The number of ketones is 1. The van der Waals surface area contributed by atoms with Gasteiger partial charge < -0.3 is 64.6 Å². The lowest BCUT2D eigenvalue weighted by molar-refractivity contribution is -0.216. The Balaban J connectivity index is 0.000000156. The molecule has 32 heteroatoms. The van der Waals surface area contributed by atoms with Crippen LogP contribution in [0.3, 0.4) is 0 Å². The Morgan fingerprint density at radius 2 is 1.04 bits per heavy atom. The van der Waals surface area contributed by atoms with E-state index in [-0.39, 0.29) is 23.8 Å². The van der Waals surface area contributed by atoms with E-state index in [0.717, 1.165) is 142 Å². The van der Waals surface area contributed by atoms with E-state index in [1.165, 1.54) is 23.2 Å². The summed E-state index contributed by atoms with van der Waals surface area (Å²) in [5.41, 5.74) is 17.7. The van der Waals surface area contributed by atoms with Crippen LogP contribution in [0.15, 0.2) is 161 Å². The number of nitrogens with one attached hydrogen (secondary N) is 1. The lowest BCUT2D eigenvalue weighted by Crippen LogP contribution is -2.53. The number of Topliss-reactive ketones (excluding diaryl/α,β-unsaturated/α-hetero) is 1. The maximum atomic E-state index is 12.2. The van der Waals surface area contributed by atoms with Gasteiger partial charge in [0.25, 0.3) is 0 Å². The molecule has 0 aliphatic carbocycles. The van der Waals surface area contributed by atoms with Crippen LogP contribution < -0.4 is 41.4 Å². The molecule has 10 aliphatic heterocycles. The molecule has 6 spiro atoms. The van der Waals surface area contributed by atoms with Crippen molar-refractivity contribution in [2.24, 2.45) is 31.1 Å². The first-order valence-electron chi connectivity index (χ1n) is 35.2. The first kappa shape index (κ1) is 84.9. The van der Waals surface area contributed by atoms with Crippen molar-refractivity contribution in [3.8, 4) is 40.3 Å². The molecular formula is C77H89BBr3ClN12O14Si. The van der Waals surface area contributed by atoms with Gasteiger partial charge in [0.2, 0.25) is 29.6 Å². The first-order chi connectivity index (χ1) is 51.7. The molecule has 6 aromatic rings. The van der Waals surface area contributed by atoms with Crippen molar-refractivity contribution < 1.29 is 67.6 Å². The minimum Gasteiger partial charge on any atom is -0.484 e. The Labute approximate surface area is 668 Å². The van der Waals surface area contributed by atoms with Crippen molar-refractivity contribution in [2.45, 2.75) is 131 Å². The average molecular weight is 1720 g/mol. The fraction of sp³-hybridized carbons (Fsp3) is 0.416. The second-order valence-electron chi connectivity index (χ2n) is 28.3. The van der Waals surface area contributed by atoms with Gasteiger partial charge in [0.1, 0.15) is 45.4 Å². The van der Waals surface area contributed by atoms with Crippen LogP contribution in [0.4, 0.5) is 11.4 Å². The number of fused-ring (bicyclic) bond motifs is 6. The third-order valence-electron chi connectivity index (χ3n) is 18.8. The summed E-state index contributed by atoms with van der Waals surface area (Å²) in [7, 11) is 2.26. The minimum atomic E-state index is -1.49. The van der Waals surface area contributed by atoms with Crippen LogP contribution in [0.1, 0.15) is 104 Å². The molecule has 16 rings (SSSR count). The fourth-order valence-electron chi connectivity index (χ4n) is 14.1. The predicted molar refractivity (Wildman–Crippen MR) is 430 cm³/mol. The van der Waals surface area contributed by atoms with Crippen LogP contribution >= 0.6 is 60.2 Å². The quantitative estimate of drug-likeness (QED) is 0.0315. The van der Waals surface area contributed by atoms with Crippen LogP contribution in [-0.2, 0) is 40.1 Å². The number of nitrogens with two attached hydrogens (primary N) is 2. The Bertz CT molecular complexity index is 4510. The number of carbonyl (C=O) groups excluding carboxylic acids is 1. The van der Waals surface area contributed by atoms with Crippen molar-refractivity contribution in [1.29, 1.82) is 5.26 Å². The topological polar surface area (TPSA) is 323 Å². The van der Waals surface area contributed by atoms with E-state index in [1.807, 2.05) is 97.2 Å². The van der Waals surface area contributed by atoms with Crippen LogP contribution in [0, 0.1) is 24.6 Å². The van der Waals surface area contributed by atoms with E-state index >= 15 is 0 Å². The maximum absolute atomic E-state index is 12.2. The molecule has 0 radical (unpaired) electrons. The van der Waals surface area contributed by atoms with Gasteiger partial charge in [0, 0.05) is 85.8 Å². The second-order valence-corrected chi connectivity index (χ2v) is 35.6. The van der Waals surface area contributed by atoms with Crippen molar-refractivity contribution >= 4 is 122 Å². The SMILES string of the molecule is C=C=N[Si](C)(C)C.CN1OC2(CC3(CCCOC3)Oc3ccc(Br)cc32)N=C1N.CNO.Cl.N#CN=C1CC2(CCCOC2)Oc2ccc(Br)cc21.O=C1CC2(CCCOC2)Oc2ccc(Br)cc21.[C-]#[N+]c1cccc(-c2ccc3c(c2)C2(CC4(CCCOC4)O3)N=C(N)N(C)O2)c1.[C-]#[N+]c1cccc(B(O)O)c1. The summed E-state index contributed by atoms with van der Waals surface area (Å²) in [5, 5.41) is 36.6. The normalized spacial score (nSPS) is 25.1. The Morgan fingerprint density at radius 1 is 0.615 bits per heavy atom. The summed E-state index contributed by atoms with van der Waals surface area (Å²) < 4.78 is 54.3. The van der Waals surface area contributed by atoms with E-state index in [2.05, 4.69) is 104 Å². The van der Waals surface area contributed by atoms with Crippen molar-refractivity contribution in [1.82, 2.24) is 15.6 Å². The zero-order valence-electron chi connectivity index (χ0n) is 61.5. The van der Waals surface area contributed by atoms with Gasteiger partial charge in [-0.15, -0.1) is 12.4 Å². The highest BCUT2D eigenvalue weighted by molar-refractivity contribution is 9.11. The van der Waals surface area contributed by atoms with Gasteiger partial charge in [0.05, 0.1) is 68.4 Å². The van der Waals surface area contributed by atoms with E-state index < -0.39 is 43.6 Å². The number of halogens is 4. The first-order valence-corrected chi connectivity index (χ1v) is 41.0. The number of benzene rings is 6. The summed E-state index contributed by atoms with van der Waals surface area (Å²) in [4.78, 5) is 44.5. The number of hydrogen-bond donors (Lipinski definition) is 6. The Morgan fingerprint density at radius 3 is 1.48 bits per heavy atom. The molecule has 0 amide bonds. The summed E-state index contributed by atoms with van der Waals surface area (Å²) in [6, 6.07) is 37.0. The third-order valence-corrected chi connectivity index (χ3v) is 21.1. The van der Waals surface area contributed by atoms with Crippen LogP contribution in [0.5, 0.6) is 23.0 Å². The van der Waals surface area contributed by atoms with Gasteiger partial charge in [-0.2, -0.15) is 10.3 Å². The molecule has 6 aromatic carbocycles. The Hall–Kier alpha value is -8.07. The maximum Gasteiger partial charge on any atom is 0.487 e. The van der Waals surface area contributed by atoms with Gasteiger partial charge in [-0.25, -0.2) is 45.0 Å². The fourth-order valence-corrected chi connectivity index (χ4v) is 15.7. The van der Waals surface area contributed by atoms with Gasteiger partial charge in [-0.1, -0.05) is 96.3 Å². The summed E-state index contributed by atoms with van der Waals surface area (Å²) in [6.45, 7) is 28.9. The van der Waals surface area contributed by atoms with Crippen molar-refractivity contribution in [3.05, 3.63) is 186 Å². The van der Waals surface area contributed by atoms with Crippen molar-refractivity contribution in [3.63, 3.8) is 0 Å². The molecule has 10 aliphatic rings. The molecule has 0 saturated carbocycles. The highest BCUT2D eigenvalue weighted by Gasteiger charge is 2.57. The monoisotopic (exact) mass is 1720 g/mol. The highest BCUT2D eigenvalue weighted by atomic mass is 79.9. The average Bonchev–Trinajstić information content (AvgIpc) is 1.67. The minimum absolute atomic E-state index is 0. The van der Waals surface area contributed by atoms with E-state index in [0.29, 0.717) is 92.2 Å². The number of hydroxylamine groups is 5. The number of ether oxygens (including phenoxy) is 8. The molecule has 6 atom stereocenters. The number of nitriles is 1. The summed E-state index contributed by atoms with van der Waals surface area (Å²) in [6.07, 6.45) is 11.6. The number of rotatable bonds is 3. The molecule has 4 fully saturated rings. The molecule has 6 unspecified atom stereocenters. The lowest BCUT2D eigenvalue weighted by Gasteiger charge is -2.46. The van der Waals surface area contributed by atoms with Crippen molar-refractivity contribution in [2.75, 3.05) is 74.0 Å².